The van der Waals surface area contributed by atoms with Crippen molar-refractivity contribution in [2.45, 2.75) is 46.2 Å². The van der Waals surface area contributed by atoms with E-state index in [1.807, 2.05) is 0 Å². The van der Waals surface area contributed by atoms with Crippen LogP contribution in [0.4, 0.5) is 0 Å². The maximum atomic E-state index is 12.3. The van der Waals surface area contributed by atoms with Crippen LogP contribution in [0.1, 0.15) is 44.9 Å². The zero-order valence-corrected chi connectivity index (χ0v) is 16.2. The molecule has 4 nitrogen and oxygen atoms in total. The molecule has 2 unspecified atom stereocenters. The van der Waals surface area contributed by atoms with E-state index in [-0.39, 0.29) is 30.4 Å². The molecule has 1 aromatic carbocycles. The number of aryl methyl sites for hydroxylation is 1. The van der Waals surface area contributed by atoms with Crippen molar-refractivity contribution >= 4 is 18.3 Å². The number of benzene rings is 1. The predicted molar refractivity (Wildman–Crippen MR) is 103 cm³/mol. The second-order valence-corrected chi connectivity index (χ2v) is 6.89. The number of hydrogen-bond acceptors (Lipinski definition) is 3. The van der Waals surface area contributed by atoms with Gasteiger partial charge in [-0.15, -0.1) is 12.4 Å². The number of rotatable bonds is 6. The van der Waals surface area contributed by atoms with Crippen molar-refractivity contribution in [3.63, 3.8) is 0 Å². The van der Waals surface area contributed by atoms with Crippen LogP contribution in [0.3, 0.4) is 0 Å². The molecule has 5 heteroatoms. The molecule has 2 rings (SSSR count). The van der Waals surface area contributed by atoms with Crippen LogP contribution in [0, 0.1) is 5.92 Å². The Morgan fingerprint density at radius 1 is 1.29 bits per heavy atom. The van der Waals surface area contributed by atoms with Crippen molar-refractivity contribution in [2.24, 2.45) is 5.92 Å². The van der Waals surface area contributed by atoms with Gasteiger partial charge in [0.05, 0.1) is 6.54 Å². The molecule has 2 atom stereocenters. The highest BCUT2D eigenvalue weighted by Crippen LogP contribution is 2.22. The minimum absolute atomic E-state index is 0. The van der Waals surface area contributed by atoms with E-state index in [2.05, 4.69) is 67.5 Å². The average molecular weight is 354 g/mol. The first kappa shape index (κ1) is 20.9. The number of carbonyl (C=O) groups excluding carboxylic acids is 1. The summed E-state index contributed by atoms with van der Waals surface area (Å²) >= 11 is 0. The van der Waals surface area contributed by atoms with E-state index >= 15 is 0 Å². The fraction of sp³-hybridized carbons (Fsp3) is 0.632. The summed E-state index contributed by atoms with van der Waals surface area (Å²) in [5.74, 6) is 0.586. The largest absolute Gasteiger partial charge is 0.352 e. The quantitative estimate of drug-likeness (QED) is 0.826. The van der Waals surface area contributed by atoms with Gasteiger partial charge in [-0.2, -0.15) is 0 Å². The van der Waals surface area contributed by atoms with E-state index in [9.17, 15) is 4.79 Å². The van der Waals surface area contributed by atoms with Gasteiger partial charge in [-0.3, -0.25) is 9.69 Å². The SMILES string of the molecule is CCc1ccc(C2CNCCN2CC(=O)NC(C)C(C)C)cc1.Cl. The highest BCUT2D eigenvalue weighted by atomic mass is 35.5. The highest BCUT2D eigenvalue weighted by Gasteiger charge is 2.26. The third-order valence-corrected chi connectivity index (χ3v) is 4.86. The fourth-order valence-electron chi connectivity index (χ4n) is 2.89. The molecule has 24 heavy (non-hydrogen) atoms. The second kappa shape index (κ2) is 10.0. The summed E-state index contributed by atoms with van der Waals surface area (Å²) in [7, 11) is 0. The van der Waals surface area contributed by atoms with Gasteiger partial charge >= 0.3 is 0 Å². The van der Waals surface area contributed by atoms with Gasteiger partial charge in [0.15, 0.2) is 0 Å². The molecule has 0 bridgehead atoms. The molecular weight excluding hydrogens is 322 g/mol. The maximum absolute atomic E-state index is 12.3. The molecule has 1 aliphatic heterocycles. The Labute approximate surface area is 152 Å². The lowest BCUT2D eigenvalue weighted by Crippen LogP contribution is -2.50. The summed E-state index contributed by atoms with van der Waals surface area (Å²) < 4.78 is 0. The number of nitrogens with zero attached hydrogens (tertiary/aromatic N) is 1. The average Bonchev–Trinajstić information content (AvgIpc) is 2.55. The van der Waals surface area contributed by atoms with Crippen molar-refractivity contribution in [3.05, 3.63) is 35.4 Å². The van der Waals surface area contributed by atoms with Crippen molar-refractivity contribution in [1.82, 2.24) is 15.5 Å². The van der Waals surface area contributed by atoms with Crippen LogP contribution in [0.25, 0.3) is 0 Å². The maximum Gasteiger partial charge on any atom is 0.234 e. The van der Waals surface area contributed by atoms with Crippen molar-refractivity contribution in [2.75, 3.05) is 26.2 Å². The topological polar surface area (TPSA) is 44.4 Å². The Balaban J connectivity index is 0.00000288. The summed E-state index contributed by atoms with van der Waals surface area (Å²) in [6.45, 7) is 11.7. The third kappa shape index (κ3) is 5.76. The van der Waals surface area contributed by atoms with Gasteiger partial charge in [-0.25, -0.2) is 0 Å². The summed E-state index contributed by atoms with van der Waals surface area (Å²) in [4.78, 5) is 14.6. The lowest BCUT2D eigenvalue weighted by molar-refractivity contribution is -0.124. The first-order valence-electron chi connectivity index (χ1n) is 8.84. The van der Waals surface area contributed by atoms with E-state index in [0.29, 0.717) is 12.5 Å². The highest BCUT2D eigenvalue weighted by molar-refractivity contribution is 5.85. The Morgan fingerprint density at radius 2 is 1.96 bits per heavy atom. The molecule has 0 radical (unpaired) electrons. The number of piperazine rings is 1. The van der Waals surface area contributed by atoms with Gasteiger partial charge in [-0.1, -0.05) is 45.0 Å². The van der Waals surface area contributed by atoms with Crippen LogP contribution in [0.15, 0.2) is 24.3 Å². The van der Waals surface area contributed by atoms with Crippen LogP contribution >= 0.6 is 12.4 Å². The summed E-state index contributed by atoms with van der Waals surface area (Å²) in [5.41, 5.74) is 2.65. The summed E-state index contributed by atoms with van der Waals surface area (Å²) in [6, 6.07) is 9.30. The van der Waals surface area contributed by atoms with Gasteiger partial charge < -0.3 is 10.6 Å². The zero-order chi connectivity index (χ0) is 16.8. The van der Waals surface area contributed by atoms with Gasteiger partial charge in [0.25, 0.3) is 0 Å². The normalized spacial score (nSPS) is 19.6. The molecule has 2 N–H and O–H groups in total. The summed E-state index contributed by atoms with van der Waals surface area (Å²) in [6.07, 6.45) is 1.06. The molecule has 1 aromatic rings. The van der Waals surface area contributed by atoms with Gasteiger partial charge in [0.1, 0.15) is 0 Å². The van der Waals surface area contributed by atoms with Gasteiger partial charge in [-0.05, 0) is 30.4 Å². The number of halogens is 1. The predicted octanol–water partition coefficient (Wildman–Crippen LogP) is 2.78. The zero-order valence-electron chi connectivity index (χ0n) is 15.3. The minimum atomic E-state index is 0. The standard InChI is InChI=1S/C19H31N3O.ClH/c1-5-16-6-8-17(9-7-16)18-12-20-10-11-22(18)13-19(23)21-15(4)14(2)3;/h6-9,14-15,18,20H,5,10-13H2,1-4H3,(H,21,23);1H. The molecule has 1 aliphatic rings. The van der Waals surface area contributed by atoms with Crippen molar-refractivity contribution in [1.29, 1.82) is 0 Å². The number of nitrogens with one attached hydrogen (secondary N) is 2. The van der Waals surface area contributed by atoms with E-state index in [1.54, 1.807) is 0 Å². The fourth-order valence-corrected chi connectivity index (χ4v) is 2.89. The van der Waals surface area contributed by atoms with Gasteiger partial charge in [0, 0.05) is 31.7 Å². The second-order valence-electron chi connectivity index (χ2n) is 6.89. The number of hydrogen-bond donors (Lipinski definition) is 2. The summed E-state index contributed by atoms with van der Waals surface area (Å²) in [5, 5.41) is 6.57. The molecule has 1 saturated heterocycles. The molecule has 136 valence electrons. The Kier molecular flexibility index (Phi) is 8.74. The molecule has 0 aromatic heterocycles. The third-order valence-electron chi connectivity index (χ3n) is 4.86. The van der Waals surface area contributed by atoms with E-state index in [1.165, 1.54) is 11.1 Å². The molecule has 0 aliphatic carbocycles. The number of amides is 1. The lowest BCUT2D eigenvalue weighted by Gasteiger charge is -2.36. The van der Waals surface area contributed by atoms with E-state index < -0.39 is 0 Å². The van der Waals surface area contributed by atoms with Crippen LogP contribution in [-0.4, -0.2) is 43.0 Å². The van der Waals surface area contributed by atoms with Crippen LogP contribution in [0.5, 0.6) is 0 Å². The minimum Gasteiger partial charge on any atom is -0.352 e. The van der Waals surface area contributed by atoms with E-state index in [0.717, 1.165) is 26.1 Å². The van der Waals surface area contributed by atoms with Crippen LogP contribution in [0.2, 0.25) is 0 Å². The van der Waals surface area contributed by atoms with Crippen LogP contribution < -0.4 is 10.6 Å². The lowest BCUT2D eigenvalue weighted by atomic mass is 10.0. The molecular formula is C19H32ClN3O. The van der Waals surface area contributed by atoms with Crippen molar-refractivity contribution < 1.29 is 4.79 Å². The van der Waals surface area contributed by atoms with E-state index in [4.69, 9.17) is 0 Å². The van der Waals surface area contributed by atoms with Gasteiger partial charge in [0.2, 0.25) is 5.91 Å². The van der Waals surface area contributed by atoms with Crippen molar-refractivity contribution in [3.8, 4) is 0 Å². The molecule has 1 amide bonds. The first-order valence-corrected chi connectivity index (χ1v) is 8.84. The Morgan fingerprint density at radius 3 is 2.54 bits per heavy atom. The smallest absolute Gasteiger partial charge is 0.234 e. The molecule has 1 fully saturated rings. The molecule has 0 spiro atoms. The Hall–Kier alpha value is -1.10. The number of carbonyl (C=O) groups is 1. The monoisotopic (exact) mass is 353 g/mol. The van der Waals surface area contributed by atoms with Crippen LogP contribution in [-0.2, 0) is 11.2 Å². The Bertz CT molecular complexity index is 504. The molecule has 1 heterocycles. The molecule has 0 saturated carbocycles. The first-order chi connectivity index (χ1) is 11.0.